The van der Waals surface area contributed by atoms with Crippen LogP contribution in [0.15, 0.2) is 139 Å². The quantitative estimate of drug-likeness (QED) is 0.0404. The molecule has 4 saturated heterocycles. The molecule has 0 saturated carbocycles. The number of aromatic nitrogens is 6. The van der Waals surface area contributed by atoms with Crippen molar-refractivity contribution in [3.8, 4) is 0 Å². The van der Waals surface area contributed by atoms with E-state index >= 15 is 0 Å². The lowest BCUT2D eigenvalue weighted by atomic mass is 9.96. The number of nitrogens with one attached hydrogen (secondary N) is 2. The number of aliphatic hydroxyl groups excluding tert-OH is 1. The highest BCUT2D eigenvalue weighted by Gasteiger charge is 2.47. The van der Waals surface area contributed by atoms with Crippen LogP contribution in [0.1, 0.15) is 113 Å². The zero-order valence-corrected chi connectivity index (χ0v) is 56.7. The van der Waals surface area contributed by atoms with Gasteiger partial charge in [0.2, 0.25) is 11.8 Å². The number of rotatable bonds is 23. The Kier molecular flexibility index (Phi) is 26.1. The van der Waals surface area contributed by atoms with Gasteiger partial charge in [0.15, 0.2) is 16.7 Å². The molecule has 92 heavy (non-hydrogen) atoms. The highest BCUT2D eigenvalue weighted by molar-refractivity contribution is 7.80. The number of hydrogen-bond acceptors (Lipinski definition) is 14. The van der Waals surface area contributed by atoms with Crippen molar-refractivity contribution in [3.05, 3.63) is 192 Å². The lowest BCUT2D eigenvalue weighted by Gasteiger charge is -2.32. The summed E-state index contributed by atoms with van der Waals surface area (Å²) < 4.78 is 7.69. The molecule has 0 radical (unpaired) electrons. The van der Waals surface area contributed by atoms with Gasteiger partial charge in [-0.15, -0.1) is 0 Å². The van der Waals surface area contributed by atoms with Crippen LogP contribution in [0.25, 0.3) is 0 Å². The summed E-state index contributed by atoms with van der Waals surface area (Å²) in [5, 5.41) is 19.9. The van der Waals surface area contributed by atoms with Crippen molar-refractivity contribution in [3.63, 3.8) is 0 Å². The van der Waals surface area contributed by atoms with Crippen LogP contribution in [0.2, 0.25) is 20.1 Å². The molecule has 488 valence electrons. The van der Waals surface area contributed by atoms with Crippen molar-refractivity contribution < 1.29 is 24.3 Å². The lowest BCUT2D eigenvalue weighted by Crippen LogP contribution is -2.50. The first-order valence-electron chi connectivity index (χ1n) is 31.8. The van der Waals surface area contributed by atoms with E-state index in [0.717, 1.165) is 87.1 Å². The fourth-order valence-corrected chi connectivity index (χ4v) is 14.7. The molecular weight excluding hydrogens is 1280 g/mol. The van der Waals surface area contributed by atoms with Crippen LogP contribution in [0.4, 0.5) is 0 Å². The van der Waals surface area contributed by atoms with Crippen LogP contribution in [-0.2, 0) is 51.3 Å². The third-order valence-electron chi connectivity index (χ3n) is 18.1. The van der Waals surface area contributed by atoms with E-state index in [0.29, 0.717) is 88.1 Å². The summed E-state index contributed by atoms with van der Waals surface area (Å²) in [7, 11) is 0. The van der Waals surface area contributed by atoms with E-state index in [2.05, 4.69) is 91.5 Å². The largest absolute Gasteiger partial charge is 0.390 e. The number of fused-ring (bicyclic) bond motifs is 2. The van der Waals surface area contributed by atoms with Crippen LogP contribution >= 0.6 is 70.2 Å². The van der Waals surface area contributed by atoms with Crippen molar-refractivity contribution in [2.45, 2.75) is 153 Å². The first kappa shape index (κ1) is 70.1. The zero-order valence-electron chi connectivity index (χ0n) is 52.0. The van der Waals surface area contributed by atoms with Gasteiger partial charge in [-0.25, -0.2) is 9.97 Å². The number of ketones is 2. The van der Waals surface area contributed by atoms with Crippen LogP contribution < -0.4 is 4.87 Å². The van der Waals surface area contributed by atoms with Crippen molar-refractivity contribution >= 4 is 104 Å². The molecule has 17 nitrogen and oxygen atoms in total. The number of carbonyl (C=O) groups is 4. The van der Waals surface area contributed by atoms with Crippen molar-refractivity contribution in [2.75, 3.05) is 32.8 Å². The maximum absolute atomic E-state index is 14.1. The van der Waals surface area contributed by atoms with Crippen molar-refractivity contribution in [1.82, 2.24) is 48.1 Å². The Morgan fingerprint density at radius 2 is 1.10 bits per heavy atom. The van der Waals surface area contributed by atoms with Crippen LogP contribution in [-0.4, -0.2) is 156 Å². The van der Waals surface area contributed by atoms with Gasteiger partial charge in [-0.2, -0.15) is 4.37 Å². The molecule has 11 rings (SSSR count). The smallest absolute Gasteiger partial charge is 0.323 e. The Labute approximate surface area is 568 Å². The van der Waals surface area contributed by atoms with E-state index in [4.69, 9.17) is 64.0 Å². The Morgan fingerprint density at radius 1 is 0.630 bits per heavy atom. The number of aryl methyl sites for hydroxylation is 5. The average molecular weight is 1370 g/mol. The summed E-state index contributed by atoms with van der Waals surface area (Å²) in [6.45, 7) is 6.93. The normalized spacial score (nSPS) is 20.6. The number of thiocarbonyl (C=S) groups is 1. The molecule has 4 aliphatic rings. The monoisotopic (exact) mass is 1360 g/mol. The Bertz CT molecular complexity index is 3600. The number of aromatic amines is 1. The minimum absolute atomic E-state index is 0.0134. The maximum Gasteiger partial charge on any atom is 0.323 e. The van der Waals surface area contributed by atoms with Gasteiger partial charge in [-0.05, 0) is 154 Å². The van der Waals surface area contributed by atoms with Crippen LogP contribution in [0.5, 0.6) is 0 Å². The first-order valence-corrected chi connectivity index (χ1v) is 34.5. The van der Waals surface area contributed by atoms with Gasteiger partial charge in [-0.1, -0.05) is 133 Å². The predicted octanol–water partition coefficient (Wildman–Crippen LogP) is 11.9. The summed E-state index contributed by atoms with van der Waals surface area (Å²) in [6, 6.07) is 30.6. The van der Waals surface area contributed by atoms with E-state index in [9.17, 15) is 29.1 Å². The predicted molar refractivity (Wildman–Crippen MR) is 368 cm³/mol. The number of amides is 2. The SMILES string of the molecule is C[C@@H]1C[C@H]2C(=O)N([C@H](CCC(=N)CO)C(=O)CCc3ccc(Cl)c(Cl)c3)CCC(CCc3ccccc3)N2C1.C[C@@H]1C[C@H]2C(=O)N([C@H](CCc3nsc(=O)[nH]3)C(=O)CCc3ccc(Cl)c(Cl)c3)CCC(CCc3ccccc3)N2C1.S=C(n1ccnc1)n1ccnc1. The number of H-pyrrole nitrogens is 1. The topological polar surface area (TPSA) is 207 Å². The Balaban J connectivity index is 0.000000184. The molecule has 3 N–H and O–H groups in total. The summed E-state index contributed by atoms with van der Waals surface area (Å²) >= 11 is 30.5. The Hall–Kier alpha value is -6.26. The first-order chi connectivity index (χ1) is 44.4. The molecule has 4 aliphatic heterocycles. The van der Waals surface area contributed by atoms with E-state index in [-0.39, 0.29) is 84.0 Å². The molecule has 0 aliphatic carbocycles. The molecule has 2 amide bonds. The Morgan fingerprint density at radius 3 is 1.51 bits per heavy atom. The molecule has 7 heterocycles. The molecule has 4 fully saturated rings. The number of aliphatic hydroxyl groups is 1. The number of Topliss-reactive ketones (excluding diaryl/α,β-unsaturated/α-hetero) is 2. The zero-order chi connectivity index (χ0) is 65.3. The van der Waals surface area contributed by atoms with Gasteiger partial charge in [0.05, 0.1) is 50.9 Å². The molecule has 8 atom stereocenters. The van der Waals surface area contributed by atoms with Gasteiger partial charge in [0.25, 0.3) is 0 Å². The second-order valence-electron chi connectivity index (χ2n) is 24.7. The van der Waals surface area contributed by atoms with Gasteiger partial charge >= 0.3 is 4.87 Å². The van der Waals surface area contributed by atoms with Crippen LogP contribution in [0.3, 0.4) is 0 Å². The molecule has 23 heteroatoms. The minimum atomic E-state index is -0.613. The molecular formula is C69H81Cl4N11O6S2. The number of imidazole rings is 2. The highest BCUT2D eigenvalue weighted by Crippen LogP contribution is 2.36. The fraction of sp³-hybridized carbons (Fsp3) is 0.449. The van der Waals surface area contributed by atoms with Gasteiger partial charge in [0.1, 0.15) is 18.5 Å². The van der Waals surface area contributed by atoms with E-state index in [1.165, 1.54) is 11.1 Å². The van der Waals surface area contributed by atoms with Crippen LogP contribution in [0, 0.1) is 17.2 Å². The lowest BCUT2D eigenvalue weighted by molar-refractivity contribution is -0.142. The van der Waals surface area contributed by atoms with Gasteiger partial charge in [0, 0.05) is 99.6 Å². The molecule has 2 unspecified atom stereocenters. The summed E-state index contributed by atoms with van der Waals surface area (Å²) in [6.07, 6.45) is 20.4. The van der Waals surface area contributed by atoms with Crippen molar-refractivity contribution in [1.29, 1.82) is 5.41 Å². The van der Waals surface area contributed by atoms with E-state index < -0.39 is 12.1 Å². The standard InChI is InChI=1S/C31H36Cl2N4O3S.C31H39Cl2N3O3.C7H6N4S/c1-20-17-27-30(39)36(16-15-23(37(27)19-20)10-7-21-5-3-2-4-6-21)26(12-14-29-34-31(40)41-35-29)28(38)13-9-22-8-11-24(32)25(33)18-22;1-21-17-29-31(39)35(16-15-25(36(29)19-21)11-7-22-5-3-2-4-6-22)28(13-10-24(34)20-37)30(38)14-9-23-8-12-26(32)27(33)18-23;12-7(10-3-1-8-5-10)11-4-2-9-6-11/h2-6,8,11,18,20,23,26-27H,7,9-10,12-17,19H2,1H3,(H,34,35,40);2-6,8,12,18,21,25,28-29,34,37H,7,9-11,13-17,19-20H2,1H3;1-6H/t20-,23?,26-,27+;21-,25?,28-,29+;/m11./s1. The maximum atomic E-state index is 14.1. The summed E-state index contributed by atoms with van der Waals surface area (Å²) in [4.78, 5) is 86.1. The summed E-state index contributed by atoms with van der Waals surface area (Å²) in [5.41, 5.74) is 4.62. The van der Waals surface area contributed by atoms with E-state index in [1.807, 2.05) is 29.2 Å². The van der Waals surface area contributed by atoms with E-state index in [1.54, 1.807) is 75.7 Å². The minimum Gasteiger partial charge on any atom is -0.390 e. The average Bonchev–Trinajstić information content (AvgIpc) is 3.33. The number of carbonyl (C=O) groups excluding carboxylic acids is 4. The fourth-order valence-electron chi connectivity index (χ4n) is 13.3. The third-order valence-corrected chi connectivity index (χ3v) is 20.6. The number of nitrogens with zero attached hydrogens (tertiary/aromatic N) is 9. The molecule has 4 aromatic carbocycles. The highest BCUT2D eigenvalue weighted by atomic mass is 35.5. The molecule has 3 aromatic heterocycles. The number of benzene rings is 4. The summed E-state index contributed by atoms with van der Waals surface area (Å²) in [5.74, 6) is 1.49. The van der Waals surface area contributed by atoms with Gasteiger partial charge < -0.3 is 20.3 Å². The molecule has 0 bridgehead atoms. The molecule has 7 aromatic rings. The third kappa shape index (κ3) is 19.2. The van der Waals surface area contributed by atoms with Crippen molar-refractivity contribution in [2.24, 2.45) is 11.8 Å². The van der Waals surface area contributed by atoms with Gasteiger partial charge in [-0.3, -0.25) is 47.9 Å². The molecule has 0 spiro atoms. The number of halogens is 4. The second kappa shape index (κ2) is 34.2. The number of hydrogen-bond donors (Lipinski definition) is 3. The second-order valence-corrected chi connectivity index (χ2v) is 27.4.